The van der Waals surface area contributed by atoms with Crippen molar-refractivity contribution < 1.29 is 4.52 Å². The summed E-state index contributed by atoms with van der Waals surface area (Å²) in [6.45, 7) is 8.76. The van der Waals surface area contributed by atoms with Gasteiger partial charge < -0.3 is 9.84 Å². The predicted molar refractivity (Wildman–Crippen MR) is 69.7 cm³/mol. The van der Waals surface area contributed by atoms with Gasteiger partial charge in [0.2, 0.25) is 5.95 Å². The first-order valence-corrected chi connectivity index (χ1v) is 6.03. The molecule has 0 aromatic carbocycles. The second-order valence-electron chi connectivity index (χ2n) is 4.60. The van der Waals surface area contributed by atoms with Crippen molar-refractivity contribution >= 4 is 5.95 Å². The van der Waals surface area contributed by atoms with Crippen molar-refractivity contribution in [2.75, 3.05) is 11.9 Å². The van der Waals surface area contributed by atoms with E-state index in [-0.39, 0.29) is 0 Å². The molecule has 0 fully saturated rings. The normalized spacial score (nSPS) is 12.4. The minimum Gasteiger partial charge on any atom is -0.361 e. The molecule has 2 rings (SSSR count). The van der Waals surface area contributed by atoms with Crippen LogP contribution in [0.5, 0.6) is 0 Å². The van der Waals surface area contributed by atoms with Gasteiger partial charge in [-0.15, -0.1) is 0 Å². The third-order valence-corrected chi connectivity index (χ3v) is 2.93. The minimum absolute atomic E-state index is 0.307. The van der Waals surface area contributed by atoms with E-state index in [0.29, 0.717) is 11.9 Å². The molecular formula is C13H18N4O. The van der Waals surface area contributed by atoms with Gasteiger partial charge in [-0.1, -0.05) is 12.1 Å². The highest BCUT2D eigenvalue weighted by Crippen LogP contribution is 2.22. The van der Waals surface area contributed by atoms with Crippen LogP contribution in [0.3, 0.4) is 0 Å². The zero-order valence-electron chi connectivity index (χ0n) is 11.2. The lowest BCUT2D eigenvalue weighted by Crippen LogP contribution is -2.13. The predicted octanol–water partition coefficient (Wildman–Crippen LogP) is 2.61. The molecule has 18 heavy (non-hydrogen) atoms. The summed E-state index contributed by atoms with van der Waals surface area (Å²) in [5, 5.41) is 7.19. The lowest BCUT2D eigenvalue weighted by molar-refractivity contribution is 0.391. The highest BCUT2D eigenvalue weighted by molar-refractivity contribution is 5.30. The number of aryl methyl sites for hydroxylation is 3. The molecule has 0 aliphatic rings. The quantitative estimate of drug-likeness (QED) is 0.898. The van der Waals surface area contributed by atoms with E-state index in [0.717, 1.165) is 29.1 Å². The van der Waals surface area contributed by atoms with Crippen molar-refractivity contribution in [1.82, 2.24) is 15.1 Å². The SMILES string of the molecule is Cc1cnc(NCC(C)c2c(C)noc2C)nc1. The number of aromatic nitrogens is 3. The number of nitrogens with zero attached hydrogens (tertiary/aromatic N) is 3. The maximum absolute atomic E-state index is 5.18. The van der Waals surface area contributed by atoms with E-state index in [2.05, 4.69) is 27.4 Å². The summed E-state index contributed by atoms with van der Waals surface area (Å²) >= 11 is 0. The van der Waals surface area contributed by atoms with Gasteiger partial charge in [-0.25, -0.2) is 9.97 Å². The van der Waals surface area contributed by atoms with Gasteiger partial charge in [0.25, 0.3) is 0 Å². The molecule has 0 saturated heterocycles. The summed E-state index contributed by atoms with van der Waals surface area (Å²) in [6.07, 6.45) is 3.60. The average molecular weight is 246 g/mol. The number of hydrogen-bond donors (Lipinski definition) is 1. The fourth-order valence-corrected chi connectivity index (χ4v) is 2.02. The minimum atomic E-state index is 0.307. The zero-order valence-corrected chi connectivity index (χ0v) is 11.2. The summed E-state index contributed by atoms with van der Waals surface area (Å²) < 4.78 is 5.18. The molecule has 1 unspecified atom stereocenters. The number of anilines is 1. The molecule has 2 aromatic rings. The van der Waals surface area contributed by atoms with Crippen LogP contribution in [0.15, 0.2) is 16.9 Å². The van der Waals surface area contributed by atoms with E-state index in [9.17, 15) is 0 Å². The Balaban J connectivity index is 2.00. The van der Waals surface area contributed by atoms with Crippen molar-refractivity contribution in [3.05, 3.63) is 35.0 Å². The van der Waals surface area contributed by atoms with Gasteiger partial charge >= 0.3 is 0 Å². The highest BCUT2D eigenvalue weighted by Gasteiger charge is 2.16. The van der Waals surface area contributed by atoms with Crippen molar-refractivity contribution in [2.24, 2.45) is 0 Å². The Morgan fingerprint density at radius 1 is 1.22 bits per heavy atom. The summed E-state index contributed by atoms with van der Waals surface area (Å²) in [5.41, 5.74) is 3.17. The van der Waals surface area contributed by atoms with Crippen LogP contribution in [0.25, 0.3) is 0 Å². The van der Waals surface area contributed by atoms with E-state index in [4.69, 9.17) is 4.52 Å². The topological polar surface area (TPSA) is 63.8 Å². The van der Waals surface area contributed by atoms with Gasteiger partial charge in [0.1, 0.15) is 5.76 Å². The lowest BCUT2D eigenvalue weighted by atomic mass is 10.00. The van der Waals surface area contributed by atoms with E-state index < -0.39 is 0 Å². The molecule has 0 bridgehead atoms. The molecule has 0 spiro atoms. The van der Waals surface area contributed by atoms with Gasteiger partial charge in [-0.2, -0.15) is 0 Å². The van der Waals surface area contributed by atoms with Gasteiger partial charge in [0, 0.05) is 30.4 Å². The third-order valence-electron chi connectivity index (χ3n) is 2.93. The van der Waals surface area contributed by atoms with Crippen LogP contribution in [-0.4, -0.2) is 21.7 Å². The van der Waals surface area contributed by atoms with Crippen LogP contribution in [0.2, 0.25) is 0 Å². The van der Waals surface area contributed by atoms with Crippen LogP contribution < -0.4 is 5.32 Å². The summed E-state index contributed by atoms with van der Waals surface area (Å²) in [7, 11) is 0. The first kappa shape index (κ1) is 12.5. The van der Waals surface area contributed by atoms with Crippen molar-refractivity contribution in [2.45, 2.75) is 33.6 Å². The number of rotatable bonds is 4. The second-order valence-corrected chi connectivity index (χ2v) is 4.60. The Kier molecular flexibility index (Phi) is 3.60. The first-order valence-electron chi connectivity index (χ1n) is 6.03. The van der Waals surface area contributed by atoms with Gasteiger partial charge in [0.15, 0.2) is 0 Å². The molecular weight excluding hydrogens is 228 g/mol. The second kappa shape index (κ2) is 5.16. The van der Waals surface area contributed by atoms with Crippen molar-refractivity contribution in [3.63, 3.8) is 0 Å². The van der Waals surface area contributed by atoms with E-state index >= 15 is 0 Å². The van der Waals surface area contributed by atoms with E-state index in [1.54, 1.807) is 12.4 Å². The molecule has 0 aliphatic heterocycles. The number of hydrogen-bond acceptors (Lipinski definition) is 5. The van der Waals surface area contributed by atoms with E-state index in [1.807, 2.05) is 20.8 Å². The van der Waals surface area contributed by atoms with Gasteiger partial charge in [0.05, 0.1) is 5.69 Å². The zero-order chi connectivity index (χ0) is 13.1. The van der Waals surface area contributed by atoms with Crippen LogP contribution in [0.4, 0.5) is 5.95 Å². The first-order chi connectivity index (χ1) is 8.58. The molecule has 5 nitrogen and oxygen atoms in total. The fourth-order valence-electron chi connectivity index (χ4n) is 2.02. The van der Waals surface area contributed by atoms with Crippen molar-refractivity contribution in [3.8, 4) is 0 Å². The largest absolute Gasteiger partial charge is 0.361 e. The summed E-state index contributed by atoms with van der Waals surface area (Å²) in [5.74, 6) is 1.84. The summed E-state index contributed by atoms with van der Waals surface area (Å²) in [4.78, 5) is 8.43. The molecule has 0 radical (unpaired) electrons. The van der Waals surface area contributed by atoms with Crippen molar-refractivity contribution in [1.29, 1.82) is 0 Å². The molecule has 1 N–H and O–H groups in total. The molecule has 1 atom stereocenters. The van der Waals surface area contributed by atoms with Gasteiger partial charge in [-0.05, 0) is 26.3 Å². The molecule has 2 aromatic heterocycles. The molecule has 0 saturated carbocycles. The Morgan fingerprint density at radius 2 is 1.89 bits per heavy atom. The van der Waals surface area contributed by atoms with Crippen LogP contribution in [0, 0.1) is 20.8 Å². The van der Waals surface area contributed by atoms with Gasteiger partial charge in [-0.3, -0.25) is 0 Å². The smallest absolute Gasteiger partial charge is 0.222 e. The Morgan fingerprint density at radius 3 is 2.44 bits per heavy atom. The standard InChI is InChI=1S/C13H18N4O/c1-8-5-14-13(15-6-8)16-7-9(2)12-10(3)17-18-11(12)4/h5-6,9H,7H2,1-4H3,(H,14,15,16). The highest BCUT2D eigenvalue weighted by atomic mass is 16.5. The van der Waals surface area contributed by atoms with E-state index in [1.165, 1.54) is 0 Å². The van der Waals surface area contributed by atoms with Crippen LogP contribution in [0.1, 0.15) is 35.4 Å². The number of nitrogens with one attached hydrogen (secondary N) is 1. The van der Waals surface area contributed by atoms with Crippen LogP contribution in [-0.2, 0) is 0 Å². The monoisotopic (exact) mass is 246 g/mol. The maximum Gasteiger partial charge on any atom is 0.222 e. The average Bonchev–Trinajstić information content (AvgIpc) is 2.68. The Bertz CT molecular complexity index is 499. The maximum atomic E-state index is 5.18. The third kappa shape index (κ3) is 2.67. The molecule has 0 amide bonds. The Labute approximate surface area is 107 Å². The lowest BCUT2D eigenvalue weighted by Gasteiger charge is -2.12. The molecule has 2 heterocycles. The molecule has 96 valence electrons. The van der Waals surface area contributed by atoms with Crippen LogP contribution >= 0.6 is 0 Å². The summed E-state index contributed by atoms with van der Waals surface area (Å²) in [6, 6.07) is 0. The molecule has 5 heteroatoms. The molecule has 0 aliphatic carbocycles. The fraction of sp³-hybridized carbons (Fsp3) is 0.462. The Hall–Kier alpha value is -1.91.